The Balaban J connectivity index is 2.36. The molecule has 18 heavy (non-hydrogen) atoms. The van der Waals surface area contributed by atoms with Gasteiger partial charge < -0.3 is 14.8 Å². The summed E-state index contributed by atoms with van der Waals surface area (Å²) in [5, 5.41) is 3.58. The van der Waals surface area contributed by atoms with Crippen LogP contribution in [0.1, 0.15) is 25.8 Å². The zero-order chi connectivity index (χ0) is 13.4. The van der Waals surface area contributed by atoms with Gasteiger partial charge in [-0.15, -0.1) is 0 Å². The lowest BCUT2D eigenvalue weighted by Gasteiger charge is -2.20. The Kier molecular flexibility index (Phi) is 6.76. The summed E-state index contributed by atoms with van der Waals surface area (Å²) in [6, 6.07) is 9.21. The highest BCUT2D eigenvalue weighted by Crippen LogP contribution is 2.12. The molecule has 0 aliphatic rings. The molecule has 2 atom stereocenters. The zero-order valence-corrected chi connectivity index (χ0v) is 11.9. The second-order valence-electron chi connectivity index (χ2n) is 4.80. The first-order valence-electron chi connectivity index (χ1n) is 6.53. The third-order valence-corrected chi connectivity index (χ3v) is 3.02. The van der Waals surface area contributed by atoms with Crippen LogP contribution in [0.3, 0.4) is 0 Å². The molecule has 1 aromatic carbocycles. The minimum Gasteiger partial charge on any atom is -0.497 e. The zero-order valence-electron chi connectivity index (χ0n) is 11.9. The fourth-order valence-electron chi connectivity index (χ4n) is 2.04. The smallest absolute Gasteiger partial charge is 0.118 e. The Morgan fingerprint density at radius 2 is 1.72 bits per heavy atom. The quantitative estimate of drug-likeness (QED) is 0.770. The molecule has 0 aliphatic heterocycles. The van der Waals surface area contributed by atoms with Crippen LogP contribution in [0.15, 0.2) is 24.3 Å². The number of methoxy groups -OCH3 is 2. The lowest BCUT2D eigenvalue weighted by Crippen LogP contribution is -2.36. The summed E-state index contributed by atoms with van der Waals surface area (Å²) in [5.74, 6) is 0.910. The van der Waals surface area contributed by atoms with Crippen molar-refractivity contribution in [2.75, 3.05) is 20.8 Å². The number of benzene rings is 1. The molecule has 2 unspecified atom stereocenters. The van der Waals surface area contributed by atoms with Crippen LogP contribution in [0.2, 0.25) is 0 Å². The molecule has 3 nitrogen and oxygen atoms in total. The van der Waals surface area contributed by atoms with Gasteiger partial charge >= 0.3 is 0 Å². The van der Waals surface area contributed by atoms with Crippen LogP contribution in [0.5, 0.6) is 5.75 Å². The van der Waals surface area contributed by atoms with Crippen LogP contribution in [-0.2, 0) is 11.2 Å². The Morgan fingerprint density at radius 1 is 1.06 bits per heavy atom. The molecule has 0 aliphatic carbocycles. The molecule has 1 N–H and O–H groups in total. The van der Waals surface area contributed by atoms with Crippen LogP contribution in [0.4, 0.5) is 0 Å². The summed E-state index contributed by atoms with van der Waals surface area (Å²) in [5.41, 5.74) is 1.33. The molecule has 0 aromatic heterocycles. The van der Waals surface area contributed by atoms with Gasteiger partial charge in [-0.2, -0.15) is 0 Å². The highest BCUT2D eigenvalue weighted by Gasteiger charge is 2.08. The van der Waals surface area contributed by atoms with Crippen molar-refractivity contribution in [2.45, 2.75) is 38.8 Å². The summed E-state index contributed by atoms with van der Waals surface area (Å²) in [6.07, 6.45) is 2.07. The van der Waals surface area contributed by atoms with Crippen molar-refractivity contribution in [3.63, 3.8) is 0 Å². The van der Waals surface area contributed by atoms with Crippen molar-refractivity contribution in [1.29, 1.82) is 0 Å². The van der Waals surface area contributed by atoms with E-state index in [9.17, 15) is 0 Å². The van der Waals surface area contributed by atoms with Gasteiger partial charge in [0.15, 0.2) is 0 Å². The van der Waals surface area contributed by atoms with Crippen molar-refractivity contribution in [1.82, 2.24) is 5.32 Å². The van der Waals surface area contributed by atoms with E-state index in [-0.39, 0.29) is 0 Å². The fourth-order valence-corrected chi connectivity index (χ4v) is 2.04. The second kappa shape index (κ2) is 8.11. The molecule has 0 fully saturated rings. The van der Waals surface area contributed by atoms with Crippen LogP contribution >= 0.6 is 0 Å². The van der Waals surface area contributed by atoms with E-state index < -0.39 is 0 Å². The Bertz CT molecular complexity index is 324. The van der Waals surface area contributed by atoms with Gasteiger partial charge in [-0.25, -0.2) is 0 Å². The molecule has 0 saturated carbocycles. The predicted octanol–water partition coefficient (Wildman–Crippen LogP) is 2.64. The molecule has 102 valence electrons. The van der Waals surface area contributed by atoms with Gasteiger partial charge in [0.1, 0.15) is 5.75 Å². The predicted molar refractivity (Wildman–Crippen MR) is 75.3 cm³/mol. The van der Waals surface area contributed by atoms with E-state index in [0.29, 0.717) is 12.1 Å². The average Bonchev–Trinajstić information content (AvgIpc) is 2.37. The number of nitrogens with one attached hydrogen (secondary N) is 1. The Hall–Kier alpha value is -1.06. The standard InChI is InChI=1S/C15H25NO2/c1-12(9-10-17-3)16-13(2)11-14-5-7-15(18-4)8-6-14/h5-8,12-13,16H,9-11H2,1-4H3. The molecule has 1 rings (SSSR count). The highest BCUT2D eigenvalue weighted by molar-refractivity contribution is 5.27. The first-order valence-corrected chi connectivity index (χ1v) is 6.53. The number of rotatable bonds is 8. The molecule has 0 heterocycles. The van der Waals surface area contributed by atoms with Crippen LogP contribution in [0, 0.1) is 0 Å². The maximum atomic E-state index is 5.15. The van der Waals surface area contributed by atoms with Crippen molar-refractivity contribution in [3.05, 3.63) is 29.8 Å². The van der Waals surface area contributed by atoms with E-state index in [1.54, 1.807) is 14.2 Å². The molecule has 0 amide bonds. The third-order valence-electron chi connectivity index (χ3n) is 3.02. The molecular formula is C15H25NO2. The van der Waals surface area contributed by atoms with Crippen molar-refractivity contribution < 1.29 is 9.47 Å². The number of hydrogen-bond donors (Lipinski definition) is 1. The van der Waals surface area contributed by atoms with E-state index in [2.05, 4.69) is 31.3 Å². The van der Waals surface area contributed by atoms with Gasteiger partial charge in [0.25, 0.3) is 0 Å². The van der Waals surface area contributed by atoms with Gasteiger partial charge in [-0.1, -0.05) is 12.1 Å². The van der Waals surface area contributed by atoms with E-state index in [4.69, 9.17) is 9.47 Å². The van der Waals surface area contributed by atoms with Crippen LogP contribution in [0.25, 0.3) is 0 Å². The molecule has 0 saturated heterocycles. The topological polar surface area (TPSA) is 30.5 Å². The van der Waals surface area contributed by atoms with Gasteiger partial charge in [-0.05, 0) is 44.4 Å². The summed E-state index contributed by atoms with van der Waals surface area (Å²) in [7, 11) is 3.43. The minimum absolute atomic E-state index is 0.463. The summed E-state index contributed by atoms with van der Waals surface area (Å²) in [6.45, 7) is 5.22. The molecular weight excluding hydrogens is 226 g/mol. The lowest BCUT2D eigenvalue weighted by molar-refractivity contribution is 0.183. The average molecular weight is 251 g/mol. The van der Waals surface area contributed by atoms with Gasteiger partial charge in [0, 0.05) is 25.8 Å². The van der Waals surface area contributed by atoms with E-state index in [1.165, 1.54) is 5.56 Å². The summed E-state index contributed by atoms with van der Waals surface area (Å²) < 4.78 is 10.2. The van der Waals surface area contributed by atoms with E-state index in [1.807, 2.05) is 12.1 Å². The monoisotopic (exact) mass is 251 g/mol. The minimum atomic E-state index is 0.463. The van der Waals surface area contributed by atoms with Gasteiger partial charge in [-0.3, -0.25) is 0 Å². The van der Waals surface area contributed by atoms with E-state index in [0.717, 1.165) is 25.2 Å². The maximum absolute atomic E-state index is 5.15. The van der Waals surface area contributed by atoms with Gasteiger partial charge in [0.05, 0.1) is 7.11 Å². The molecule has 0 spiro atoms. The van der Waals surface area contributed by atoms with Crippen LogP contribution in [-0.4, -0.2) is 32.9 Å². The van der Waals surface area contributed by atoms with Crippen molar-refractivity contribution >= 4 is 0 Å². The SMILES string of the molecule is COCCC(C)NC(C)Cc1ccc(OC)cc1. The normalized spacial score (nSPS) is 14.2. The van der Waals surface area contributed by atoms with Crippen molar-refractivity contribution in [3.8, 4) is 5.75 Å². The van der Waals surface area contributed by atoms with Crippen LogP contribution < -0.4 is 10.1 Å². The lowest BCUT2D eigenvalue weighted by atomic mass is 10.1. The first kappa shape index (κ1) is 15.0. The maximum Gasteiger partial charge on any atom is 0.118 e. The molecule has 0 bridgehead atoms. The van der Waals surface area contributed by atoms with Crippen molar-refractivity contribution in [2.24, 2.45) is 0 Å². The third kappa shape index (κ3) is 5.52. The van der Waals surface area contributed by atoms with Gasteiger partial charge in [0.2, 0.25) is 0 Å². The largest absolute Gasteiger partial charge is 0.497 e. The second-order valence-corrected chi connectivity index (χ2v) is 4.80. The summed E-state index contributed by atoms with van der Waals surface area (Å²) >= 11 is 0. The first-order chi connectivity index (χ1) is 8.65. The highest BCUT2D eigenvalue weighted by atomic mass is 16.5. The number of ether oxygens (including phenoxy) is 2. The molecule has 3 heteroatoms. The Labute approximate surface area is 110 Å². The molecule has 1 aromatic rings. The summed E-state index contributed by atoms with van der Waals surface area (Å²) in [4.78, 5) is 0. The number of hydrogen-bond acceptors (Lipinski definition) is 3. The molecule has 0 radical (unpaired) electrons. The van der Waals surface area contributed by atoms with E-state index >= 15 is 0 Å². The fraction of sp³-hybridized carbons (Fsp3) is 0.600. The Morgan fingerprint density at radius 3 is 2.28 bits per heavy atom.